The Balaban J connectivity index is 1.72. The number of nitrogens with one attached hydrogen (secondary N) is 1. The summed E-state index contributed by atoms with van der Waals surface area (Å²) in [6.45, 7) is -0.141. The lowest BCUT2D eigenvalue weighted by Crippen LogP contribution is -2.47. The Kier molecular flexibility index (Phi) is 4.60. The van der Waals surface area contributed by atoms with Crippen molar-refractivity contribution in [2.75, 3.05) is 18.1 Å². The van der Waals surface area contributed by atoms with Crippen LogP contribution in [0.1, 0.15) is 42.5 Å². The predicted octanol–water partition coefficient (Wildman–Crippen LogP) is 1.67. The van der Waals surface area contributed by atoms with E-state index >= 15 is 0 Å². The molecule has 1 heterocycles. The second kappa shape index (κ2) is 6.81. The highest BCUT2D eigenvalue weighted by atomic mass is 16.5. The summed E-state index contributed by atoms with van der Waals surface area (Å²) in [5.74, 6) is 0.0645. The molecule has 23 heavy (non-hydrogen) atoms. The van der Waals surface area contributed by atoms with Crippen LogP contribution in [0.25, 0.3) is 0 Å². The molecule has 122 valence electrons. The van der Waals surface area contributed by atoms with E-state index in [1.54, 1.807) is 18.2 Å². The largest absolute Gasteiger partial charge is 0.482 e. The van der Waals surface area contributed by atoms with Gasteiger partial charge in [-0.2, -0.15) is 0 Å². The van der Waals surface area contributed by atoms with E-state index in [9.17, 15) is 14.4 Å². The van der Waals surface area contributed by atoms with E-state index in [0.717, 1.165) is 25.7 Å². The van der Waals surface area contributed by atoms with E-state index in [2.05, 4.69) is 5.32 Å². The Morgan fingerprint density at radius 3 is 2.83 bits per heavy atom. The summed E-state index contributed by atoms with van der Waals surface area (Å²) in [5, 5.41) is 3.00. The maximum Gasteiger partial charge on any atom is 0.265 e. The maximum absolute atomic E-state index is 12.3. The molecular formula is C17H20N2O4. The minimum Gasteiger partial charge on any atom is -0.482 e. The third-order valence-electron chi connectivity index (χ3n) is 4.33. The van der Waals surface area contributed by atoms with E-state index in [-0.39, 0.29) is 31.0 Å². The molecule has 0 unspecified atom stereocenters. The first-order chi connectivity index (χ1) is 11.2. The van der Waals surface area contributed by atoms with E-state index in [1.807, 2.05) is 0 Å². The fraction of sp³-hybridized carbons (Fsp3) is 0.471. The molecule has 1 saturated carbocycles. The third kappa shape index (κ3) is 3.52. The van der Waals surface area contributed by atoms with Crippen molar-refractivity contribution in [3.63, 3.8) is 0 Å². The maximum atomic E-state index is 12.3. The number of aldehydes is 1. The molecule has 1 fully saturated rings. The number of ether oxygens (including phenoxy) is 1. The van der Waals surface area contributed by atoms with E-state index in [4.69, 9.17) is 4.74 Å². The molecule has 6 heteroatoms. The average Bonchev–Trinajstić information content (AvgIpc) is 2.58. The Morgan fingerprint density at radius 1 is 1.30 bits per heavy atom. The first kappa shape index (κ1) is 15.5. The monoisotopic (exact) mass is 316 g/mol. The Bertz CT molecular complexity index is 623. The third-order valence-corrected chi connectivity index (χ3v) is 4.33. The normalized spacial score (nSPS) is 18.1. The summed E-state index contributed by atoms with van der Waals surface area (Å²) in [6.07, 6.45) is 6.18. The Morgan fingerprint density at radius 2 is 2.09 bits per heavy atom. The van der Waals surface area contributed by atoms with Gasteiger partial charge in [-0.25, -0.2) is 0 Å². The van der Waals surface area contributed by atoms with Gasteiger partial charge in [0.1, 0.15) is 18.6 Å². The van der Waals surface area contributed by atoms with Gasteiger partial charge in [-0.1, -0.05) is 19.3 Å². The topological polar surface area (TPSA) is 75.7 Å². The number of nitrogens with zero attached hydrogens (tertiary/aromatic N) is 1. The van der Waals surface area contributed by atoms with Gasteiger partial charge in [-0.3, -0.25) is 19.3 Å². The van der Waals surface area contributed by atoms with Crippen LogP contribution in [0, 0.1) is 0 Å². The van der Waals surface area contributed by atoms with Crippen molar-refractivity contribution in [1.82, 2.24) is 5.32 Å². The lowest BCUT2D eigenvalue weighted by molar-refractivity contribution is -0.125. The molecule has 0 bridgehead atoms. The van der Waals surface area contributed by atoms with Gasteiger partial charge in [0.2, 0.25) is 5.91 Å². The summed E-state index contributed by atoms with van der Waals surface area (Å²) in [4.78, 5) is 36.7. The number of carbonyl (C=O) groups is 3. The zero-order valence-corrected chi connectivity index (χ0v) is 12.9. The number of carbonyl (C=O) groups excluding carboxylic acids is 3. The van der Waals surface area contributed by atoms with Crippen LogP contribution in [-0.2, 0) is 9.59 Å². The Labute approximate surface area is 134 Å². The molecule has 1 aliphatic heterocycles. The molecule has 1 aromatic rings. The molecule has 2 aliphatic rings. The van der Waals surface area contributed by atoms with Crippen LogP contribution in [0.15, 0.2) is 18.2 Å². The minimum absolute atomic E-state index is 0.0476. The molecule has 2 amide bonds. The van der Waals surface area contributed by atoms with Gasteiger partial charge in [0, 0.05) is 11.6 Å². The Hall–Kier alpha value is -2.37. The first-order valence-corrected chi connectivity index (χ1v) is 7.99. The zero-order chi connectivity index (χ0) is 16.2. The fourth-order valence-corrected chi connectivity index (χ4v) is 3.13. The lowest BCUT2D eigenvalue weighted by atomic mass is 9.95. The second-order valence-electron chi connectivity index (χ2n) is 6.02. The number of amides is 2. The molecule has 1 aromatic carbocycles. The zero-order valence-electron chi connectivity index (χ0n) is 12.9. The highest BCUT2D eigenvalue weighted by Gasteiger charge is 2.28. The van der Waals surface area contributed by atoms with Gasteiger partial charge >= 0.3 is 0 Å². The quantitative estimate of drug-likeness (QED) is 0.857. The van der Waals surface area contributed by atoms with Gasteiger partial charge in [0.15, 0.2) is 6.61 Å². The molecule has 0 saturated heterocycles. The van der Waals surface area contributed by atoms with Gasteiger partial charge in [0.05, 0.1) is 5.69 Å². The van der Waals surface area contributed by atoms with Crippen molar-refractivity contribution in [1.29, 1.82) is 0 Å². The molecule has 3 rings (SSSR count). The smallest absolute Gasteiger partial charge is 0.265 e. The van der Waals surface area contributed by atoms with Gasteiger partial charge in [-0.15, -0.1) is 0 Å². The number of benzene rings is 1. The summed E-state index contributed by atoms with van der Waals surface area (Å²) in [6, 6.07) is 5.06. The van der Waals surface area contributed by atoms with Crippen molar-refractivity contribution >= 4 is 23.8 Å². The SMILES string of the molecule is O=Cc1ccc2c(c1)N(CC(=O)NC1CCCCC1)C(=O)CO2. The highest BCUT2D eigenvalue weighted by Crippen LogP contribution is 2.32. The van der Waals surface area contributed by atoms with Crippen molar-refractivity contribution in [3.8, 4) is 5.75 Å². The van der Waals surface area contributed by atoms with Crippen molar-refractivity contribution in [2.45, 2.75) is 38.1 Å². The van der Waals surface area contributed by atoms with Crippen LogP contribution < -0.4 is 15.0 Å². The lowest BCUT2D eigenvalue weighted by Gasteiger charge is -2.30. The summed E-state index contributed by atoms with van der Waals surface area (Å²) in [5.41, 5.74) is 0.921. The van der Waals surface area contributed by atoms with E-state index in [1.165, 1.54) is 11.3 Å². The molecule has 1 N–H and O–H groups in total. The van der Waals surface area contributed by atoms with Crippen LogP contribution in [0.3, 0.4) is 0 Å². The number of hydrogen-bond donors (Lipinski definition) is 1. The summed E-state index contributed by atoms with van der Waals surface area (Å²) in [7, 11) is 0. The van der Waals surface area contributed by atoms with Gasteiger partial charge in [-0.05, 0) is 31.0 Å². The standard InChI is InChI=1S/C17H20N2O4/c20-10-12-6-7-15-14(8-12)19(17(22)11-23-15)9-16(21)18-13-4-2-1-3-5-13/h6-8,10,13H,1-5,9,11H2,(H,18,21). The predicted molar refractivity (Wildman–Crippen MR) is 84.7 cm³/mol. The van der Waals surface area contributed by atoms with Crippen molar-refractivity contribution < 1.29 is 19.1 Å². The summed E-state index contributed by atoms with van der Waals surface area (Å²) < 4.78 is 5.36. The number of hydrogen-bond acceptors (Lipinski definition) is 4. The molecule has 6 nitrogen and oxygen atoms in total. The number of rotatable bonds is 4. The highest BCUT2D eigenvalue weighted by molar-refractivity contribution is 6.02. The van der Waals surface area contributed by atoms with E-state index in [0.29, 0.717) is 23.3 Å². The second-order valence-corrected chi connectivity index (χ2v) is 6.02. The first-order valence-electron chi connectivity index (χ1n) is 7.99. The number of fused-ring (bicyclic) bond motifs is 1. The molecule has 0 spiro atoms. The van der Waals surface area contributed by atoms with E-state index < -0.39 is 0 Å². The molecule has 0 radical (unpaired) electrons. The van der Waals surface area contributed by atoms with Crippen molar-refractivity contribution in [2.24, 2.45) is 0 Å². The molecular weight excluding hydrogens is 296 g/mol. The van der Waals surface area contributed by atoms with Crippen molar-refractivity contribution in [3.05, 3.63) is 23.8 Å². The van der Waals surface area contributed by atoms with Gasteiger partial charge in [0.25, 0.3) is 5.91 Å². The molecule has 0 atom stereocenters. The number of anilines is 1. The summed E-state index contributed by atoms with van der Waals surface area (Å²) >= 11 is 0. The van der Waals surface area contributed by atoms with Crippen LogP contribution in [0.4, 0.5) is 5.69 Å². The van der Waals surface area contributed by atoms with Crippen LogP contribution in [0.2, 0.25) is 0 Å². The molecule has 1 aliphatic carbocycles. The van der Waals surface area contributed by atoms with Crippen LogP contribution in [-0.4, -0.2) is 37.3 Å². The fourth-order valence-electron chi connectivity index (χ4n) is 3.13. The van der Waals surface area contributed by atoms with Crippen LogP contribution >= 0.6 is 0 Å². The molecule has 0 aromatic heterocycles. The van der Waals surface area contributed by atoms with Gasteiger partial charge < -0.3 is 10.1 Å². The minimum atomic E-state index is -0.278. The van der Waals surface area contributed by atoms with Crippen LogP contribution in [0.5, 0.6) is 5.75 Å². The average molecular weight is 316 g/mol.